The zero-order valence-electron chi connectivity index (χ0n) is 14.2. The van der Waals surface area contributed by atoms with E-state index in [4.69, 9.17) is 18.9 Å². The molecule has 2 aromatic rings. The Morgan fingerprint density at radius 1 is 0.885 bits per heavy atom. The van der Waals surface area contributed by atoms with Crippen LogP contribution in [0.5, 0.6) is 23.0 Å². The fourth-order valence-electron chi connectivity index (χ4n) is 3.48. The van der Waals surface area contributed by atoms with Crippen LogP contribution in [-0.4, -0.2) is 32.5 Å². The van der Waals surface area contributed by atoms with Gasteiger partial charge in [0.25, 0.3) is 5.91 Å². The molecule has 1 N–H and O–H groups in total. The second-order valence-corrected chi connectivity index (χ2v) is 6.89. The van der Waals surface area contributed by atoms with Gasteiger partial charge in [-0.15, -0.1) is 0 Å². The molecule has 1 amide bonds. The summed E-state index contributed by atoms with van der Waals surface area (Å²) in [4.78, 5) is 12.5. The van der Waals surface area contributed by atoms with Crippen molar-refractivity contribution in [3.8, 4) is 23.0 Å². The maximum atomic E-state index is 12.5. The van der Waals surface area contributed by atoms with Gasteiger partial charge in [0.05, 0.1) is 0 Å². The second-order valence-electron chi connectivity index (χ2n) is 6.89. The van der Waals surface area contributed by atoms with Crippen LogP contribution in [0.15, 0.2) is 36.4 Å². The van der Waals surface area contributed by atoms with Gasteiger partial charge >= 0.3 is 0 Å². The van der Waals surface area contributed by atoms with Gasteiger partial charge in [-0.05, 0) is 48.7 Å². The normalized spacial score (nSPS) is 18.3. The minimum absolute atomic E-state index is 0.0121. The van der Waals surface area contributed by atoms with Crippen LogP contribution in [-0.2, 0) is 5.41 Å². The van der Waals surface area contributed by atoms with E-state index in [1.807, 2.05) is 12.1 Å². The molecule has 0 radical (unpaired) electrons. The first-order valence-corrected chi connectivity index (χ1v) is 8.82. The highest BCUT2D eigenvalue weighted by molar-refractivity contribution is 5.95. The quantitative estimate of drug-likeness (QED) is 0.915. The largest absolute Gasteiger partial charge is 0.486 e. The predicted octanol–water partition coefficient (Wildman–Crippen LogP) is 2.65. The molecule has 2 aliphatic heterocycles. The summed E-state index contributed by atoms with van der Waals surface area (Å²) in [5.74, 6) is 2.77. The van der Waals surface area contributed by atoms with Crippen LogP contribution in [0.2, 0.25) is 0 Å². The SMILES string of the molecule is O=C(NCC1(c2ccc3c(c2)OCCO3)CC1)c1ccc2c(c1)OCO2. The number of hydrogen-bond donors (Lipinski definition) is 1. The van der Waals surface area contributed by atoms with E-state index in [0.717, 1.165) is 24.3 Å². The number of benzene rings is 2. The summed E-state index contributed by atoms with van der Waals surface area (Å²) in [6, 6.07) is 11.3. The first-order valence-electron chi connectivity index (χ1n) is 8.82. The van der Waals surface area contributed by atoms with Crippen LogP contribution in [0, 0.1) is 0 Å². The second kappa shape index (κ2) is 5.83. The molecule has 1 fully saturated rings. The molecule has 0 spiro atoms. The van der Waals surface area contributed by atoms with Crippen molar-refractivity contribution in [2.45, 2.75) is 18.3 Å². The van der Waals surface area contributed by atoms with E-state index in [-0.39, 0.29) is 18.1 Å². The molecule has 0 bridgehead atoms. The summed E-state index contributed by atoms with van der Waals surface area (Å²) < 4.78 is 21.9. The maximum Gasteiger partial charge on any atom is 0.251 e. The van der Waals surface area contributed by atoms with E-state index in [0.29, 0.717) is 36.8 Å². The molecule has 0 unspecified atom stereocenters. The fourth-order valence-corrected chi connectivity index (χ4v) is 3.48. The molecule has 3 aliphatic rings. The molecule has 0 atom stereocenters. The summed E-state index contributed by atoms with van der Waals surface area (Å²) in [6.45, 7) is 1.96. The van der Waals surface area contributed by atoms with E-state index in [1.165, 1.54) is 5.56 Å². The molecule has 1 aliphatic carbocycles. The molecular formula is C20H19NO5. The lowest BCUT2D eigenvalue weighted by atomic mass is 9.95. The Balaban J connectivity index is 1.29. The van der Waals surface area contributed by atoms with Gasteiger partial charge < -0.3 is 24.3 Å². The first kappa shape index (κ1) is 15.4. The molecule has 2 heterocycles. The molecule has 6 nitrogen and oxygen atoms in total. The van der Waals surface area contributed by atoms with Crippen LogP contribution in [0.25, 0.3) is 0 Å². The van der Waals surface area contributed by atoms with E-state index in [9.17, 15) is 4.79 Å². The molecule has 1 saturated carbocycles. The molecule has 134 valence electrons. The van der Waals surface area contributed by atoms with E-state index in [2.05, 4.69) is 11.4 Å². The maximum absolute atomic E-state index is 12.5. The van der Waals surface area contributed by atoms with E-state index >= 15 is 0 Å². The van der Waals surface area contributed by atoms with Gasteiger partial charge in [0, 0.05) is 17.5 Å². The molecule has 2 aromatic carbocycles. The molecule has 26 heavy (non-hydrogen) atoms. The minimum Gasteiger partial charge on any atom is -0.486 e. The van der Waals surface area contributed by atoms with Crippen LogP contribution in [0.3, 0.4) is 0 Å². The number of rotatable bonds is 4. The van der Waals surface area contributed by atoms with Crippen LogP contribution in [0.4, 0.5) is 0 Å². The number of ether oxygens (including phenoxy) is 4. The Morgan fingerprint density at radius 2 is 1.58 bits per heavy atom. The van der Waals surface area contributed by atoms with Gasteiger partial charge in [-0.1, -0.05) is 6.07 Å². The Bertz CT molecular complexity index is 875. The Hall–Kier alpha value is -2.89. The molecule has 0 saturated heterocycles. The number of carbonyl (C=O) groups is 1. The van der Waals surface area contributed by atoms with Crippen molar-refractivity contribution >= 4 is 5.91 Å². The van der Waals surface area contributed by atoms with Gasteiger partial charge in [0.1, 0.15) is 13.2 Å². The van der Waals surface area contributed by atoms with Crippen molar-refractivity contribution in [3.05, 3.63) is 47.5 Å². The highest BCUT2D eigenvalue weighted by Crippen LogP contribution is 2.49. The smallest absolute Gasteiger partial charge is 0.251 e. The Labute approximate surface area is 151 Å². The lowest BCUT2D eigenvalue weighted by molar-refractivity contribution is 0.0949. The average molecular weight is 353 g/mol. The third-order valence-corrected chi connectivity index (χ3v) is 5.23. The van der Waals surface area contributed by atoms with Crippen molar-refractivity contribution in [1.82, 2.24) is 5.32 Å². The number of carbonyl (C=O) groups excluding carboxylic acids is 1. The molecular weight excluding hydrogens is 334 g/mol. The van der Waals surface area contributed by atoms with Gasteiger partial charge in [0.15, 0.2) is 23.0 Å². The van der Waals surface area contributed by atoms with Crippen LogP contribution >= 0.6 is 0 Å². The van der Waals surface area contributed by atoms with Crippen LogP contribution in [0.1, 0.15) is 28.8 Å². The summed E-state index contributed by atoms with van der Waals surface area (Å²) in [7, 11) is 0. The summed E-state index contributed by atoms with van der Waals surface area (Å²) in [5, 5.41) is 3.06. The van der Waals surface area contributed by atoms with Gasteiger partial charge in [-0.2, -0.15) is 0 Å². The zero-order valence-corrected chi connectivity index (χ0v) is 14.2. The molecule has 0 aromatic heterocycles. The number of hydrogen-bond acceptors (Lipinski definition) is 5. The number of fused-ring (bicyclic) bond motifs is 2. The van der Waals surface area contributed by atoms with Gasteiger partial charge in [-0.3, -0.25) is 4.79 Å². The van der Waals surface area contributed by atoms with Crippen molar-refractivity contribution < 1.29 is 23.7 Å². The van der Waals surface area contributed by atoms with Crippen molar-refractivity contribution in [2.75, 3.05) is 26.6 Å². The lowest BCUT2D eigenvalue weighted by Crippen LogP contribution is -2.32. The molecule has 5 rings (SSSR count). The van der Waals surface area contributed by atoms with E-state index in [1.54, 1.807) is 18.2 Å². The highest BCUT2D eigenvalue weighted by Gasteiger charge is 2.45. The van der Waals surface area contributed by atoms with Crippen molar-refractivity contribution in [3.63, 3.8) is 0 Å². The van der Waals surface area contributed by atoms with Crippen molar-refractivity contribution in [1.29, 1.82) is 0 Å². The monoisotopic (exact) mass is 353 g/mol. The van der Waals surface area contributed by atoms with Crippen molar-refractivity contribution in [2.24, 2.45) is 0 Å². The third kappa shape index (κ3) is 2.62. The summed E-state index contributed by atoms with van der Waals surface area (Å²) >= 11 is 0. The van der Waals surface area contributed by atoms with Gasteiger partial charge in [-0.25, -0.2) is 0 Å². The average Bonchev–Trinajstić information content (AvgIpc) is 3.34. The van der Waals surface area contributed by atoms with E-state index < -0.39 is 0 Å². The minimum atomic E-state index is -0.105. The lowest BCUT2D eigenvalue weighted by Gasteiger charge is -2.22. The Morgan fingerprint density at radius 3 is 2.42 bits per heavy atom. The third-order valence-electron chi connectivity index (χ3n) is 5.23. The first-order chi connectivity index (χ1) is 12.7. The topological polar surface area (TPSA) is 66.0 Å². The summed E-state index contributed by atoms with van der Waals surface area (Å²) in [5.41, 5.74) is 1.75. The van der Waals surface area contributed by atoms with Crippen LogP contribution < -0.4 is 24.3 Å². The standard InChI is InChI=1S/C20H19NO5/c22-19(13-1-3-16-17(9-13)26-12-25-16)21-11-20(5-6-20)14-2-4-15-18(10-14)24-8-7-23-15/h1-4,9-10H,5-8,11-12H2,(H,21,22). The number of nitrogens with one attached hydrogen (secondary N) is 1. The summed E-state index contributed by atoms with van der Waals surface area (Å²) in [6.07, 6.45) is 2.10. The fraction of sp³-hybridized carbons (Fsp3) is 0.350. The predicted molar refractivity (Wildman–Crippen MR) is 93.2 cm³/mol. The Kier molecular flexibility index (Phi) is 3.45. The zero-order chi connectivity index (χ0) is 17.6. The molecule has 6 heteroatoms. The van der Waals surface area contributed by atoms with Gasteiger partial charge in [0.2, 0.25) is 6.79 Å². The highest BCUT2D eigenvalue weighted by atomic mass is 16.7. The number of amides is 1.